The van der Waals surface area contributed by atoms with E-state index in [4.69, 9.17) is 0 Å². The second kappa shape index (κ2) is 8.69. The zero-order valence-electron chi connectivity index (χ0n) is 20.2. The Balaban J connectivity index is 1.66. The molecule has 0 aliphatic carbocycles. The minimum Gasteiger partial charge on any atom is -0.435 e. The molecule has 0 unspecified atom stereocenters. The van der Waals surface area contributed by atoms with Crippen molar-refractivity contribution in [3.8, 4) is 5.75 Å². The Bertz CT molecular complexity index is 1290. The van der Waals surface area contributed by atoms with Gasteiger partial charge in [0.2, 0.25) is 5.91 Å². The van der Waals surface area contributed by atoms with Crippen LogP contribution in [0.3, 0.4) is 0 Å². The summed E-state index contributed by atoms with van der Waals surface area (Å²) in [6.07, 6.45) is 1.12. The Morgan fingerprint density at radius 3 is 2.34 bits per heavy atom. The van der Waals surface area contributed by atoms with Crippen LogP contribution in [-0.2, 0) is 20.0 Å². The number of amides is 1. The average molecular weight is 506 g/mol. The Hall–Kier alpha value is -2.81. The van der Waals surface area contributed by atoms with Gasteiger partial charge in [-0.1, -0.05) is 13.0 Å². The molecule has 9 heteroatoms. The third kappa shape index (κ3) is 4.83. The van der Waals surface area contributed by atoms with Crippen molar-refractivity contribution < 1.29 is 31.5 Å². The van der Waals surface area contributed by atoms with E-state index in [9.17, 15) is 26.8 Å². The molecule has 0 atom stereocenters. The van der Waals surface area contributed by atoms with Crippen LogP contribution in [0.15, 0.2) is 36.4 Å². The number of ketones is 1. The van der Waals surface area contributed by atoms with Crippen molar-refractivity contribution in [2.75, 3.05) is 16.4 Å². The van der Waals surface area contributed by atoms with E-state index in [0.29, 0.717) is 40.9 Å². The molecule has 0 N–H and O–H groups in total. The zero-order chi connectivity index (χ0) is 25.8. The van der Waals surface area contributed by atoms with Crippen molar-refractivity contribution >= 4 is 32.9 Å². The smallest absolute Gasteiger partial charge is 0.387 e. The lowest BCUT2D eigenvalue weighted by Gasteiger charge is -2.32. The van der Waals surface area contributed by atoms with Gasteiger partial charge in [0, 0.05) is 18.1 Å². The van der Waals surface area contributed by atoms with Crippen LogP contribution in [0.5, 0.6) is 5.75 Å². The highest BCUT2D eigenvalue weighted by Gasteiger charge is 2.45. The first-order valence-corrected chi connectivity index (χ1v) is 13.3. The molecule has 6 nitrogen and oxygen atoms in total. The number of fused-ring (bicyclic) bond motifs is 1. The molecular weight excluding hydrogens is 476 g/mol. The first kappa shape index (κ1) is 25.3. The van der Waals surface area contributed by atoms with Crippen LogP contribution in [0.1, 0.15) is 61.5 Å². The number of nitrogens with zero attached hydrogens (tertiary/aromatic N) is 1. The summed E-state index contributed by atoms with van der Waals surface area (Å²) < 4.78 is 53.7. The molecule has 2 aromatic rings. The van der Waals surface area contributed by atoms with Crippen molar-refractivity contribution in [2.24, 2.45) is 5.41 Å². The Morgan fingerprint density at radius 2 is 1.71 bits per heavy atom. The van der Waals surface area contributed by atoms with Gasteiger partial charge >= 0.3 is 6.61 Å². The average Bonchev–Trinajstić information content (AvgIpc) is 2.97. The summed E-state index contributed by atoms with van der Waals surface area (Å²) in [7, 11) is -3.03. The van der Waals surface area contributed by atoms with Gasteiger partial charge in [-0.15, -0.1) is 0 Å². The molecule has 2 heterocycles. The van der Waals surface area contributed by atoms with Gasteiger partial charge in [0.05, 0.1) is 28.3 Å². The van der Waals surface area contributed by atoms with Gasteiger partial charge in [0.15, 0.2) is 5.78 Å². The molecule has 0 aromatic heterocycles. The summed E-state index contributed by atoms with van der Waals surface area (Å²) in [6.45, 7) is 4.28. The summed E-state index contributed by atoms with van der Waals surface area (Å²) in [6, 6.07) is 9.57. The number of hydrogen-bond acceptors (Lipinski definition) is 5. The van der Waals surface area contributed by atoms with Crippen LogP contribution in [-0.4, -0.2) is 38.2 Å². The molecule has 4 rings (SSSR count). The third-order valence-corrected chi connectivity index (χ3v) is 8.89. The van der Waals surface area contributed by atoms with Gasteiger partial charge in [0.1, 0.15) is 15.6 Å². The monoisotopic (exact) mass is 505 g/mol. The van der Waals surface area contributed by atoms with E-state index in [1.54, 1.807) is 45.0 Å². The molecule has 2 aliphatic rings. The molecule has 0 saturated carbocycles. The largest absolute Gasteiger partial charge is 0.435 e. The van der Waals surface area contributed by atoms with Gasteiger partial charge in [-0.25, -0.2) is 8.42 Å². The third-order valence-electron chi connectivity index (χ3n) is 7.24. The summed E-state index contributed by atoms with van der Waals surface area (Å²) in [4.78, 5) is 28.2. The van der Waals surface area contributed by atoms with E-state index in [2.05, 4.69) is 4.74 Å². The van der Waals surface area contributed by atoms with Crippen LogP contribution in [0.2, 0.25) is 0 Å². The van der Waals surface area contributed by atoms with Gasteiger partial charge in [-0.2, -0.15) is 8.78 Å². The molecule has 35 heavy (non-hydrogen) atoms. The number of ether oxygens (including phenoxy) is 1. The minimum atomic E-state index is -3.03. The maximum atomic E-state index is 13.5. The molecule has 1 saturated heterocycles. The summed E-state index contributed by atoms with van der Waals surface area (Å²) >= 11 is 0. The molecular formula is C26H29F2NO5S. The molecule has 188 valence electrons. The fraction of sp³-hybridized carbons (Fsp3) is 0.462. The fourth-order valence-electron chi connectivity index (χ4n) is 4.85. The number of sulfone groups is 1. The number of rotatable bonds is 6. The van der Waals surface area contributed by atoms with Gasteiger partial charge in [-0.3, -0.25) is 14.5 Å². The maximum Gasteiger partial charge on any atom is 0.387 e. The number of aryl methyl sites for hydroxylation is 1. The number of carbonyl (C=O) groups excluding carboxylic acids is 2. The molecule has 1 amide bonds. The van der Waals surface area contributed by atoms with Crippen LogP contribution >= 0.6 is 0 Å². The topological polar surface area (TPSA) is 80.8 Å². The van der Waals surface area contributed by atoms with E-state index in [1.807, 2.05) is 6.92 Å². The van der Waals surface area contributed by atoms with Crippen LogP contribution in [0.25, 0.3) is 0 Å². The lowest BCUT2D eigenvalue weighted by Crippen LogP contribution is -2.33. The first-order chi connectivity index (χ1) is 16.2. The normalized spacial score (nSPS) is 20.1. The summed E-state index contributed by atoms with van der Waals surface area (Å²) in [5.41, 5.74) is 1.54. The molecule has 0 radical (unpaired) electrons. The second-order valence-electron chi connectivity index (χ2n) is 10.4. The molecule has 2 aliphatic heterocycles. The highest BCUT2D eigenvalue weighted by molar-refractivity contribution is 7.91. The second-order valence-corrected chi connectivity index (χ2v) is 12.7. The van der Waals surface area contributed by atoms with Crippen LogP contribution in [0.4, 0.5) is 20.2 Å². The van der Waals surface area contributed by atoms with E-state index in [1.165, 1.54) is 17.0 Å². The van der Waals surface area contributed by atoms with Gasteiger partial charge in [-0.05, 0) is 74.4 Å². The molecule has 1 fully saturated rings. The number of halogens is 2. The quantitative estimate of drug-likeness (QED) is 0.495. The predicted octanol–water partition coefficient (Wildman–Crippen LogP) is 5.34. The van der Waals surface area contributed by atoms with Crippen molar-refractivity contribution in [3.63, 3.8) is 0 Å². The predicted molar refractivity (Wildman–Crippen MR) is 129 cm³/mol. The molecule has 0 spiro atoms. The minimum absolute atomic E-state index is 0.0470. The van der Waals surface area contributed by atoms with Crippen molar-refractivity contribution in [2.45, 2.75) is 59.0 Å². The summed E-state index contributed by atoms with van der Waals surface area (Å²) in [5, 5.41) is 0. The standard InChI is InChI=1S/C26H29F2NO5S/c1-16-5-7-18(34-24(27)28)14-21(16)29-20-8-6-17(13-19(20)25(2,3)23(29)31)22(30)15-26(4)9-11-35(32,33)12-10-26/h5-8,13-14,24H,9-12,15H2,1-4H3. The lowest BCUT2D eigenvalue weighted by atomic mass is 9.78. The van der Waals surface area contributed by atoms with E-state index in [0.717, 1.165) is 0 Å². The highest BCUT2D eigenvalue weighted by Crippen LogP contribution is 2.47. The van der Waals surface area contributed by atoms with Crippen molar-refractivity contribution in [3.05, 3.63) is 53.1 Å². The van der Waals surface area contributed by atoms with Crippen LogP contribution in [0, 0.1) is 12.3 Å². The molecule has 0 bridgehead atoms. The number of benzene rings is 2. The zero-order valence-corrected chi connectivity index (χ0v) is 21.0. The Kier molecular flexibility index (Phi) is 6.28. The SMILES string of the molecule is Cc1ccc(OC(F)F)cc1N1C(=O)C(C)(C)c2cc(C(=O)CC3(C)CCS(=O)(=O)CC3)ccc21. The van der Waals surface area contributed by atoms with Crippen molar-refractivity contribution in [1.29, 1.82) is 0 Å². The lowest BCUT2D eigenvalue weighted by molar-refractivity contribution is -0.121. The number of carbonyl (C=O) groups is 2. The number of anilines is 2. The maximum absolute atomic E-state index is 13.5. The van der Waals surface area contributed by atoms with E-state index < -0.39 is 21.9 Å². The number of Topliss-reactive ketones (excluding diaryl/α,β-unsaturated/α-hetero) is 1. The van der Waals surface area contributed by atoms with Crippen molar-refractivity contribution in [1.82, 2.24) is 0 Å². The number of hydrogen-bond donors (Lipinski definition) is 0. The summed E-state index contributed by atoms with van der Waals surface area (Å²) in [5.74, 6) is -0.205. The Morgan fingerprint density at radius 1 is 1.06 bits per heavy atom. The fourth-order valence-corrected chi connectivity index (χ4v) is 6.66. The Labute approximate surface area is 204 Å². The molecule has 2 aromatic carbocycles. The van der Waals surface area contributed by atoms with E-state index >= 15 is 0 Å². The van der Waals surface area contributed by atoms with Crippen LogP contribution < -0.4 is 9.64 Å². The van der Waals surface area contributed by atoms with Gasteiger partial charge in [0.25, 0.3) is 0 Å². The van der Waals surface area contributed by atoms with E-state index in [-0.39, 0.29) is 40.8 Å². The number of alkyl halides is 2. The highest BCUT2D eigenvalue weighted by atomic mass is 32.2. The first-order valence-electron chi connectivity index (χ1n) is 11.5. The van der Waals surface area contributed by atoms with Gasteiger partial charge < -0.3 is 4.74 Å².